The summed E-state index contributed by atoms with van der Waals surface area (Å²) in [6.07, 6.45) is 0. The second-order valence-electron chi connectivity index (χ2n) is 8.72. The molecule has 5 nitrogen and oxygen atoms in total. The molecule has 0 spiro atoms. The van der Waals surface area contributed by atoms with Crippen LogP contribution in [0.1, 0.15) is 58.3 Å². The average Bonchev–Trinajstić information content (AvgIpc) is 3.06. The molecule has 0 saturated heterocycles. The molecule has 0 aliphatic heterocycles. The van der Waals surface area contributed by atoms with Gasteiger partial charge in [-0.15, -0.1) is 11.3 Å². The number of hydrogen-bond acceptors (Lipinski definition) is 4. The Hall–Kier alpha value is -3.06. The number of halogens is 1. The third kappa shape index (κ3) is 5.59. The number of aryl methyl sites for hydroxylation is 2. The summed E-state index contributed by atoms with van der Waals surface area (Å²) in [5.41, 5.74) is 1.08. The Labute approximate surface area is 192 Å². The first-order valence-electron chi connectivity index (χ1n) is 10.4. The van der Waals surface area contributed by atoms with Gasteiger partial charge >= 0.3 is 0 Å². The van der Waals surface area contributed by atoms with E-state index in [-0.39, 0.29) is 18.4 Å². The van der Waals surface area contributed by atoms with E-state index in [1.54, 1.807) is 37.3 Å². The Balaban J connectivity index is 2.14. The molecule has 0 fully saturated rings. The van der Waals surface area contributed by atoms with Gasteiger partial charge in [0.1, 0.15) is 16.7 Å². The lowest BCUT2D eigenvalue weighted by atomic mass is 10.0. The number of nitrogens with zero attached hydrogens (tertiary/aromatic N) is 2. The predicted octanol–water partition coefficient (Wildman–Crippen LogP) is 5.20. The van der Waals surface area contributed by atoms with E-state index in [1.807, 2.05) is 45.9 Å². The van der Waals surface area contributed by atoms with Crippen molar-refractivity contribution in [2.75, 3.05) is 0 Å². The third-order valence-corrected chi connectivity index (χ3v) is 5.89. The number of rotatable bonds is 6. The van der Waals surface area contributed by atoms with Crippen LogP contribution in [0.2, 0.25) is 0 Å². The lowest BCUT2D eigenvalue weighted by molar-refractivity contribution is -0.127. The van der Waals surface area contributed by atoms with Crippen LogP contribution in [0.4, 0.5) is 4.39 Å². The summed E-state index contributed by atoms with van der Waals surface area (Å²) in [6.45, 7) is 9.19. The van der Waals surface area contributed by atoms with E-state index >= 15 is 0 Å². The molecular formula is C25H28FN3O2S. The molecule has 1 N–H and O–H groups in total. The zero-order valence-corrected chi connectivity index (χ0v) is 19.8. The molecule has 3 aromatic rings. The van der Waals surface area contributed by atoms with Crippen LogP contribution in [-0.4, -0.2) is 27.2 Å². The molecule has 1 heterocycles. The van der Waals surface area contributed by atoms with E-state index in [1.165, 1.54) is 22.3 Å². The number of thiazole rings is 1. The van der Waals surface area contributed by atoms with E-state index in [0.717, 1.165) is 5.01 Å². The fourth-order valence-electron chi connectivity index (χ4n) is 3.50. The van der Waals surface area contributed by atoms with Crippen LogP contribution in [0.5, 0.6) is 0 Å². The first-order chi connectivity index (χ1) is 15.1. The minimum absolute atomic E-state index is 0.0565. The van der Waals surface area contributed by atoms with Crippen LogP contribution in [-0.2, 0) is 11.3 Å². The van der Waals surface area contributed by atoms with Gasteiger partial charge in [-0.1, -0.05) is 48.5 Å². The van der Waals surface area contributed by atoms with Gasteiger partial charge in [-0.05, 0) is 46.2 Å². The van der Waals surface area contributed by atoms with Crippen molar-refractivity contribution in [3.05, 3.63) is 87.1 Å². The molecule has 32 heavy (non-hydrogen) atoms. The van der Waals surface area contributed by atoms with Gasteiger partial charge in [-0.2, -0.15) is 0 Å². The third-order valence-electron chi connectivity index (χ3n) is 4.83. The molecule has 7 heteroatoms. The summed E-state index contributed by atoms with van der Waals surface area (Å²) in [5, 5.41) is 3.74. The second-order valence-corrected chi connectivity index (χ2v) is 9.93. The maximum atomic E-state index is 14.6. The monoisotopic (exact) mass is 453 g/mol. The summed E-state index contributed by atoms with van der Waals surface area (Å²) in [5.74, 6) is -1.10. The van der Waals surface area contributed by atoms with Crippen molar-refractivity contribution >= 4 is 23.2 Å². The lowest BCUT2D eigenvalue weighted by Crippen LogP contribution is -2.49. The Bertz CT molecular complexity index is 1110. The van der Waals surface area contributed by atoms with Gasteiger partial charge in [0.15, 0.2) is 0 Å². The number of benzene rings is 2. The predicted molar refractivity (Wildman–Crippen MR) is 125 cm³/mol. The van der Waals surface area contributed by atoms with Crippen molar-refractivity contribution in [1.29, 1.82) is 0 Å². The van der Waals surface area contributed by atoms with Crippen molar-refractivity contribution < 1.29 is 14.0 Å². The molecular weight excluding hydrogens is 425 g/mol. The first kappa shape index (κ1) is 23.6. The van der Waals surface area contributed by atoms with Crippen molar-refractivity contribution in [2.45, 2.75) is 52.7 Å². The standard InChI is InChI=1S/C25H28FN3O2S/c1-16-22(32-17(2)27-16)24(31)29(15-19-13-9-10-14-20(19)26)21(18-11-7-6-8-12-18)23(30)28-25(3,4)5/h6-14,21H,15H2,1-5H3,(H,28,30). The van der Waals surface area contributed by atoms with Crippen LogP contribution in [0.25, 0.3) is 0 Å². The zero-order valence-electron chi connectivity index (χ0n) is 19.0. The quantitative estimate of drug-likeness (QED) is 0.558. The molecule has 3 rings (SSSR count). The maximum absolute atomic E-state index is 14.6. The molecule has 0 aliphatic rings. The van der Waals surface area contributed by atoms with Crippen LogP contribution in [0.3, 0.4) is 0 Å². The van der Waals surface area contributed by atoms with E-state index in [9.17, 15) is 14.0 Å². The van der Waals surface area contributed by atoms with Gasteiger partial charge in [0.25, 0.3) is 5.91 Å². The Kier molecular flexibility index (Phi) is 7.09. The maximum Gasteiger partial charge on any atom is 0.267 e. The molecule has 2 amide bonds. The summed E-state index contributed by atoms with van der Waals surface area (Å²) in [4.78, 5) is 33.5. The summed E-state index contributed by atoms with van der Waals surface area (Å²) in [6, 6.07) is 14.5. The molecule has 0 saturated carbocycles. The van der Waals surface area contributed by atoms with E-state index < -0.39 is 17.4 Å². The van der Waals surface area contributed by atoms with Crippen molar-refractivity contribution in [3.8, 4) is 0 Å². The summed E-state index contributed by atoms with van der Waals surface area (Å²) < 4.78 is 14.6. The normalized spacial score (nSPS) is 12.3. The van der Waals surface area contributed by atoms with Gasteiger partial charge in [0.2, 0.25) is 5.91 Å². The number of hydrogen-bond donors (Lipinski definition) is 1. The average molecular weight is 454 g/mol. The highest BCUT2D eigenvalue weighted by Gasteiger charge is 2.35. The molecule has 1 aromatic heterocycles. The zero-order chi connectivity index (χ0) is 23.5. The Morgan fingerprint density at radius 1 is 1.06 bits per heavy atom. The van der Waals surface area contributed by atoms with E-state index in [2.05, 4.69) is 10.3 Å². The minimum atomic E-state index is -0.940. The van der Waals surface area contributed by atoms with Crippen molar-refractivity contribution in [3.63, 3.8) is 0 Å². The Morgan fingerprint density at radius 3 is 2.25 bits per heavy atom. The SMILES string of the molecule is Cc1nc(C)c(C(=O)N(Cc2ccccc2F)C(C(=O)NC(C)(C)C)c2ccccc2)s1. The van der Waals surface area contributed by atoms with Gasteiger partial charge in [0, 0.05) is 11.1 Å². The van der Waals surface area contributed by atoms with Gasteiger partial charge < -0.3 is 10.2 Å². The van der Waals surface area contributed by atoms with Gasteiger partial charge in [-0.25, -0.2) is 9.37 Å². The van der Waals surface area contributed by atoms with Crippen molar-refractivity contribution in [2.24, 2.45) is 0 Å². The number of carbonyl (C=O) groups is 2. The molecule has 2 aromatic carbocycles. The van der Waals surface area contributed by atoms with Crippen LogP contribution in [0, 0.1) is 19.7 Å². The van der Waals surface area contributed by atoms with Crippen molar-refractivity contribution in [1.82, 2.24) is 15.2 Å². The second kappa shape index (κ2) is 9.61. The number of nitrogens with one attached hydrogen (secondary N) is 1. The fourth-order valence-corrected chi connectivity index (χ4v) is 4.37. The highest BCUT2D eigenvalue weighted by molar-refractivity contribution is 7.13. The van der Waals surface area contributed by atoms with Crippen LogP contribution in [0.15, 0.2) is 54.6 Å². The number of carbonyl (C=O) groups excluding carboxylic acids is 2. The lowest BCUT2D eigenvalue weighted by Gasteiger charge is -2.33. The van der Waals surface area contributed by atoms with Crippen LogP contribution < -0.4 is 5.32 Å². The topological polar surface area (TPSA) is 62.3 Å². The fraction of sp³-hybridized carbons (Fsp3) is 0.320. The van der Waals surface area contributed by atoms with Gasteiger partial charge in [-0.3, -0.25) is 9.59 Å². The Morgan fingerprint density at radius 2 is 1.69 bits per heavy atom. The molecule has 1 unspecified atom stereocenters. The smallest absolute Gasteiger partial charge is 0.267 e. The molecule has 0 aliphatic carbocycles. The highest BCUT2D eigenvalue weighted by atomic mass is 32.1. The van der Waals surface area contributed by atoms with E-state index in [4.69, 9.17) is 0 Å². The molecule has 0 bridgehead atoms. The van der Waals surface area contributed by atoms with Crippen LogP contribution >= 0.6 is 11.3 Å². The first-order valence-corrected chi connectivity index (χ1v) is 11.2. The molecule has 0 radical (unpaired) electrons. The van der Waals surface area contributed by atoms with Gasteiger partial charge in [0.05, 0.1) is 17.2 Å². The highest BCUT2D eigenvalue weighted by Crippen LogP contribution is 2.29. The summed E-state index contributed by atoms with van der Waals surface area (Å²) in [7, 11) is 0. The van der Waals surface area contributed by atoms with E-state index in [0.29, 0.717) is 21.7 Å². The number of aromatic nitrogens is 1. The summed E-state index contributed by atoms with van der Waals surface area (Å²) >= 11 is 1.28. The molecule has 1 atom stereocenters. The molecule has 168 valence electrons. The largest absolute Gasteiger partial charge is 0.349 e. The minimum Gasteiger partial charge on any atom is -0.349 e. The number of amides is 2.